The van der Waals surface area contributed by atoms with E-state index in [-0.39, 0.29) is 5.91 Å². The Labute approximate surface area is 136 Å². The van der Waals surface area contributed by atoms with Crippen molar-refractivity contribution in [3.8, 4) is 0 Å². The quantitative estimate of drug-likeness (QED) is 0.491. The minimum Gasteiger partial charge on any atom is -0.381 e. The maximum absolute atomic E-state index is 12.0. The van der Waals surface area contributed by atoms with Gasteiger partial charge in [-0.25, -0.2) is 0 Å². The summed E-state index contributed by atoms with van der Waals surface area (Å²) in [5, 5.41) is 2.91. The zero-order valence-corrected chi connectivity index (χ0v) is 14.8. The molecule has 0 heterocycles. The van der Waals surface area contributed by atoms with Gasteiger partial charge in [-0.05, 0) is 53.6 Å². The summed E-state index contributed by atoms with van der Waals surface area (Å²) in [7, 11) is 0. The third-order valence-electron chi connectivity index (χ3n) is 2.57. The zero-order chi connectivity index (χ0) is 14.1. The van der Waals surface area contributed by atoms with Gasteiger partial charge in [0.2, 0.25) is 0 Å². The van der Waals surface area contributed by atoms with Crippen LogP contribution in [-0.4, -0.2) is 25.7 Å². The number of hydrogen-bond donors (Lipinski definition) is 1. The molecule has 0 aliphatic heterocycles. The number of benzene rings is 1. The van der Waals surface area contributed by atoms with Crippen LogP contribution in [0.2, 0.25) is 0 Å². The van der Waals surface area contributed by atoms with Crippen molar-refractivity contribution in [2.45, 2.75) is 26.2 Å². The summed E-state index contributed by atoms with van der Waals surface area (Å²) < 4.78 is 7.32. The van der Waals surface area contributed by atoms with Crippen molar-refractivity contribution in [3.05, 3.63) is 31.8 Å². The average molecular weight is 440 g/mol. The smallest absolute Gasteiger partial charge is 0.252 e. The number of ether oxygens (including phenoxy) is 1. The van der Waals surface area contributed by atoms with Crippen molar-refractivity contribution < 1.29 is 9.53 Å². The number of hydrogen-bond acceptors (Lipinski definition) is 2. The fourth-order valence-electron chi connectivity index (χ4n) is 1.49. The topological polar surface area (TPSA) is 38.3 Å². The second-order valence-corrected chi connectivity index (χ2v) is 6.28. The van der Waals surface area contributed by atoms with Gasteiger partial charge in [0.05, 0.1) is 5.56 Å². The molecule has 3 nitrogen and oxygen atoms in total. The van der Waals surface area contributed by atoms with Crippen LogP contribution in [0.3, 0.4) is 0 Å². The number of unbranched alkanes of at least 4 members (excludes halogenated alkanes) is 1. The van der Waals surface area contributed by atoms with Gasteiger partial charge < -0.3 is 10.1 Å². The minimum absolute atomic E-state index is 0.0285. The Morgan fingerprint density at radius 2 is 2.11 bits per heavy atom. The second-order valence-electron chi connectivity index (χ2n) is 4.20. The second kappa shape index (κ2) is 9.72. The maximum atomic E-state index is 12.0. The molecule has 1 N–H and O–H groups in total. The molecule has 106 valence electrons. The Hall–Kier alpha value is -0.140. The lowest BCUT2D eigenvalue weighted by molar-refractivity contribution is 0.0939. The van der Waals surface area contributed by atoms with E-state index in [9.17, 15) is 4.79 Å². The number of carbonyl (C=O) groups is 1. The highest BCUT2D eigenvalue weighted by molar-refractivity contribution is 14.1. The third kappa shape index (κ3) is 6.72. The van der Waals surface area contributed by atoms with Gasteiger partial charge in [0.15, 0.2) is 0 Å². The molecule has 1 rings (SSSR count). The Kier molecular flexibility index (Phi) is 8.65. The summed E-state index contributed by atoms with van der Waals surface area (Å²) in [4.78, 5) is 12.0. The first-order valence-electron chi connectivity index (χ1n) is 6.46. The summed E-state index contributed by atoms with van der Waals surface area (Å²) in [6.07, 6.45) is 3.10. The number of carbonyl (C=O) groups excluding carboxylic acids is 1. The molecular formula is C14H19BrINO2. The van der Waals surface area contributed by atoms with Crippen LogP contribution >= 0.6 is 38.5 Å². The lowest BCUT2D eigenvalue weighted by Crippen LogP contribution is -2.26. The number of halogens is 2. The fraction of sp³-hybridized carbons (Fsp3) is 0.500. The average Bonchev–Trinajstić information content (AvgIpc) is 2.40. The Morgan fingerprint density at radius 1 is 1.37 bits per heavy atom. The Balaban J connectivity index is 2.26. The summed E-state index contributed by atoms with van der Waals surface area (Å²) in [5.74, 6) is -0.0285. The molecule has 0 spiro atoms. The molecule has 1 amide bonds. The summed E-state index contributed by atoms with van der Waals surface area (Å²) in [6.45, 7) is 4.31. The van der Waals surface area contributed by atoms with E-state index in [0.717, 1.165) is 33.9 Å². The molecule has 0 bridgehead atoms. The number of rotatable bonds is 8. The SMILES string of the molecule is CCCCOCCCNC(=O)c1cc(Br)ccc1I. The van der Waals surface area contributed by atoms with Crippen molar-refractivity contribution >= 4 is 44.4 Å². The normalized spacial score (nSPS) is 10.5. The van der Waals surface area contributed by atoms with E-state index >= 15 is 0 Å². The molecule has 0 saturated carbocycles. The first kappa shape index (κ1) is 16.9. The third-order valence-corrected chi connectivity index (χ3v) is 4.00. The van der Waals surface area contributed by atoms with Crippen LogP contribution in [0, 0.1) is 3.57 Å². The molecule has 1 aromatic carbocycles. The first-order chi connectivity index (χ1) is 9.15. The molecule has 0 radical (unpaired) electrons. The van der Waals surface area contributed by atoms with E-state index in [1.807, 2.05) is 18.2 Å². The van der Waals surface area contributed by atoms with Crippen molar-refractivity contribution in [2.24, 2.45) is 0 Å². The molecule has 0 aliphatic carbocycles. The van der Waals surface area contributed by atoms with Crippen LogP contribution < -0.4 is 5.32 Å². The summed E-state index contributed by atoms with van der Waals surface area (Å²) in [5.41, 5.74) is 0.710. The van der Waals surface area contributed by atoms with Crippen LogP contribution in [-0.2, 0) is 4.74 Å². The summed E-state index contributed by atoms with van der Waals surface area (Å²) >= 11 is 5.55. The van der Waals surface area contributed by atoms with Crippen molar-refractivity contribution in [2.75, 3.05) is 19.8 Å². The van der Waals surface area contributed by atoms with Crippen LogP contribution in [0.1, 0.15) is 36.5 Å². The van der Waals surface area contributed by atoms with Gasteiger partial charge in [0, 0.05) is 27.8 Å². The van der Waals surface area contributed by atoms with E-state index in [2.05, 4.69) is 50.8 Å². The number of amides is 1. The molecule has 0 unspecified atom stereocenters. The molecule has 5 heteroatoms. The van der Waals surface area contributed by atoms with E-state index in [1.165, 1.54) is 0 Å². The van der Waals surface area contributed by atoms with Gasteiger partial charge in [-0.3, -0.25) is 4.79 Å². The van der Waals surface area contributed by atoms with Crippen molar-refractivity contribution in [1.82, 2.24) is 5.32 Å². The van der Waals surface area contributed by atoms with Crippen LogP contribution in [0.5, 0.6) is 0 Å². The van der Waals surface area contributed by atoms with Gasteiger partial charge in [-0.15, -0.1) is 0 Å². The highest BCUT2D eigenvalue weighted by Crippen LogP contribution is 2.18. The predicted molar refractivity (Wildman–Crippen MR) is 89.5 cm³/mol. The molecular weight excluding hydrogens is 421 g/mol. The van der Waals surface area contributed by atoms with Gasteiger partial charge in [-0.2, -0.15) is 0 Å². The fourth-order valence-corrected chi connectivity index (χ4v) is 2.43. The highest BCUT2D eigenvalue weighted by Gasteiger charge is 2.09. The van der Waals surface area contributed by atoms with E-state index < -0.39 is 0 Å². The van der Waals surface area contributed by atoms with E-state index in [4.69, 9.17) is 4.74 Å². The van der Waals surface area contributed by atoms with Crippen LogP contribution in [0.15, 0.2) is 22.7 Å². The van der Waals surface area contributed by atoms with Crippen molar-refractivity contribution in [1.29, 1.82) is 0 Å². The predicted octanol–water partition coefficient (Wildman–Crippen LogP) is 3.99. The highest BCUT2D eigenvalue weighted by atomic mass is 127. The standard InChI is InChI=1S/C14H19BrINO2/c1-2-3-8-19-9-4-7-17-14(18)12-10-11(15)5-6-13(12)16/h5-6,10H,2-4,7-9H2,1H3,(H,17,18). The lowest BCUT2D eigenvalue weighted by Gasteiger charge is -2.08. The molecule has 0 fully saturated rings. The molecule has 0 saturated heterocycles. The van der Waals surface area contributed by atoms with Crippen LogP contribution in [0.25, 0.3) is 0 Å². The zero-order valence-electron chi connectivity index (χ0n) is 11.0. The monoisotopic (exact) mass is 439 g/mol. The summed E-state index contributed by atoms with van der Waals surface area (Å²) in [6, 6.07) is 5.70. The minimum atomic E-state index is -0.0285. The van der Waals surface area contributed by atoms with E-state index in [1.54, 1.807) is 0 Å². The molecule has 1 aromatic rings. The van der Waals surface area contributed by atoms with Gasteiger partial charge in [-0.1, -0.05) is 29.3 Å². The van der Waals surface area contributed by atoms with Crippen molar-refractivity contribution in [3.63, 3.8) is 0 Å². The first-order valence-corrected chi connectivity index (χ1v) is 8.33. The lowest BCUT2D eigenvalue weighted by atomic mass is 10.2. The molecule has 0 atom stereocenters. The van der Waals surface area contributed by atoms with Gasteiger partial charge in [0.1, 0.15) is 0 Å². The largest absolute Gasteiger partial charge is 0.381 e. The molecule has 0 aromatic heterocycles. The number of nitrogens with one attached hydrogen (secondary N) is 1. The Morgan fingerprint density at radius 3 is 2.84 bits per heavy atom. The van der Waals surface area contributed by atoms with Gasteiger partial charge >= 0.3 is 0 Å². The Bertz CT molecular complexity index is 412. The molecule has 0 aliphatic rings. The van der Waals surface area contributed by atoms with Crippen LogP contribution in [0.4, 0.5) is 0 Å². The molecule has 19 heavy (non-hydrogen) atoms. The van der Waals surface area contributed by atoms with E-state index in [0.29, 0.717) is 18.7 Å². The maximum Gasteiger partial charge on any atom is 0.252 e. The van der Waals surface area contributed by atoms with Gasteiger partial charge in [0.25, 0.3) is 5.91 Å².